The Hall–Kier alpha value is -4.10. The lowest BCUT2D eigenvalue weighted by Gasteiger charge is -2.22. The molecule has 0 radical (unpaired) electrons. The summed E-state index contributed by atoms with van der Waals surface area (Å²) in [4.78, 5) is 26.4. The van der Waals surface area contributed by atoms with Crippen LogP contribution in [0.3, 0.4) is 0 Å². The number of rotatable bonds is 6. The van der Waals surface area contributed by atoms with Gasteiger partial charge in [-0.3, -0.25) is 9.59 Å². The third kappa shape index (κ3) is 4.18. The molecule has 3 aromatic heterocycles. The molecule has 10 heteroatoms. The molecular weight excluding hydrogens is 422 g/mol. The van der Waals surface area contributed by atoms with E-state index < -0.39 is 5.91 Å². The predicted molar refractivity (Wildman–Crippen MR) is 123 cm³/mol. The van der Waals surface area contributed by atoms with Gasteiger partial charge < -0.3 is 20.7 Å². The van der Waals surface area contributed by atoms with Crippen molar-refractivity contribution in [2.24, 2.45) is 5.73 Å². The monoisotopic (exact) mass is 447 g/mol. The Labute approximate surface area is 191 Å². The fourth-order valence-electron chi connectivity index (χ4n) is 4.19. The molecule has 1 saturated heterocycles. The second-order valence-corrected chi connectivity index (χ2v) is 7.69. The minimum Gasteiger partial charge on any atom is -0.383 e. The van der Waals surface area contributed by atoms with Gasteiger partial charge in [0.2, 0.25) is 5.91 Å². The van der Waals surface area contributed by atoms with Gasteiger partial charge in [0.15, 0.2) is 5.69 Å². The van der Waals surface area contributed by atoms with Gasteiger partial charge in [0, 0.05) is 38.7 Å². The molecule has 0 aromatic carbocycles. The number of hydrogen-bond acceptors (Lipinski definition) is 6. The number of anilines is 1. The Morgan fingerprint density at radius 3 is 2.88 bits per heavy atom. The highest BCUT2D eigenvalue weighted by Crippen LogP contribution is 2.32. The average molecular weight is 447 g/mol. The van der Waals surface area contributed by atoms with Gasteiger partial charge in [0.1, 0.15) is 11.4 Å². The number of nitrogens with zero attached hydrogens (tertiary/aromatic N) is 5. The number of aromatic nitrogens is 4. The van der Waals surface area contributed by atoms with Crippen LogP contribution in [0, 0.1) is 11.8 Å². The van der Waals surface area contributed by atoms with Crippen LogP contribution in [0.1, 0.15) is 34.1 Å². The van der Waals surface area contributed by atoms with E-state index in [1.165, 1.54) is 6.08 Å². The molecular formula is C23H25N7O3. The number of nitrogens with two attached hydrogens (primary N) is 1. The maximum absolute atomic E-state index is 12.3. The molecule has 170 valence electrons. The first-order valence-electron chi connectivity index (χ1n) is 10.4. The van der Waals surface area contributed by atoms with E-state index in [2.05, 4.69) is 33.9 Å². The Morgan fingerprint density at radius 1 is 1.36 bits per heavy atom. The van der Waals surface area contributed by atoms with Gasteiger partial charge in [-0.2, -0.15) is 10.2 Å². The van der Waals surface area contributed by atoms with Crippen LogP contribution in [-0.4, -0.2) is 69.5 Å². The van der Waals surface area contributed by atoms with E-state index in [1.54, 1.807) is 40.6 Å². The second-order valence-electron chi connectivity index (χ2n) is 7.69. The predicted octanol–water partition coefficient (Wildman–Crippen LogP) is 1.05. The van der Waals surface area contributed by atoms with E-state index in [1.807, 2.05) is 18.2 Å². The van der Waals surface area contributed by atoms with Crippen LogP contribution in [0.15, 0.2) is 43.2 Å². The first-order valence-corrected chi connectivity index (χ1v) is 10.4. The van der Waals surface area contributed by atoms with Gasteiger partial charge in [-0.15, -0.1) is 0 Å². The Kier molecular flexibility index (Phi) is 6.15. The number of pyridine rings is 1. The number of fused-ring (bicyclic) bond motifs is 1. The number of primary amides is 1. The lowest BCUT2D eigenvalue weighted by atomic mass is 10.1. The number of methoxy groups -OCH3 is 1. The van der Waals surface area contributed by atoms with E-state index >= 15 is 0 Å². The van der Waals surface area contributed by atoms with Crippen molar-refractivity contribution in [2.75, 3.05) is 32.6 Å². The van der Waals surface area contributed by atoms with Crippen molar-refractivity contribution in [1.29, 1.82) is 0 Å². The summed E-state index contributed by atoms with van der Waals surface area (Å²) in [7, 11) is 3.29. The van der Waals surface area contributed by atoms with Crippen LogP contribution in [0.5, 0.6) is 0 Å². The zero-order chi connectivity index (χ0) is 23.5. The normalized spacial score (nSPS) is 17.6. The highest BCUT2D eigenvalue weighted by Gasteiger charge is 2.37. The number of amides is 2. The third-order valence-electron chi connectivity index (χ3n) is 5.67. The third-order valence-corrected chi connectivity index (χ3v) is 5.67. The van der Waals surface area contributed by atoms with Crippen molar-refractivity contribution in [1.82, 2.24) is 24.3 Å². The average Bonchev–Trinajstić information content (AvgIpc) is 3.53. The maximum atomic E-state index is 12.3. The molecule has 3 N–H and O–H groups in total. The smallest absolute Gasteiger partial charge is 0.255 e. The van der Waals surface area contributed by atoms with E-state index in [9.17, 15) is 9.59 Å². The van der Waals surface area contributed by atoms with Crippen LogP contribution < -0.4 is 11.1 Å². The lowest BCUT2D eigenvalue weighted by molar-refractivity contribution is -0.127. The van der Waals surface area contributed by atoms with Crippen LogP contribution in [0.4, 0.5) is 5.82 Å². The minimum atomic E-state index is -0.636. The van der Waals surface area contributed by atoms with Gasteiger partial charge in [-0.1, -0.05) is 12.5 Å². The Bertz CT molecular complexity index is 1280. The highest BCUT2D eigenvalue weighted by atomic mass is 16.5. The van der Waals surface area contributed by atoms with Crippen molar-refractivity contribution in [3.8, 4) is 11.8 Å². The molecule has 2 amide bonds. The van der Waals surface area contributed by atoms with Gasteiger partial charge in [0.05, 0.1) is 24.2 Å². The molecule has 1 aliphatic heterocycles. The Morgan fingerprint density at radius 2 is 2.18 bits per heavy atom. The zero-order valence-electron chi connectivity index (χ0n) is 18.5. The van der Waals surface area contributed by atoms with Crippen molar-refractivity contribution in [3.05, 3.63) is 60.1 Å². The molecule has 0 bridgehead atoms. The van der Waals surface area contributed by atoms with E-state index in [0.29, 0.717) is 31.0 Å². The lowest BCUT2D eigenvalue weighted by Crippen LogP contribution is -2.37. The van der Waals surface area contributed by atoms with E-state index in [-0.39, 0.29) is 29.2 Å². The van der Waals surface area contributed by atoms with Gasteiger partial charge >= 0.3 is 0 Å². The molecule has 0 spiro atoms. The van der Waals surface area contributed by atoms with E-state index in [4.69, 9.17) is 10.5 Å². The van der Waals surface area contributed by atoms with Crippen LogP contribution in [-0.2, 0) is 9.53 Å². The van der Waals surface area contributed by atoms with Gasteiger partial charge in [-0.25, -0.2) is 9.20 Å². The molecule has 10 nitrogen and oxygen atoms in total. The summed E-state index contributed by atoms with van der Waals surface area (Å²) < 4.78 is 8.71. The number of likely N-dealkylation sites (tertiary alicyclic amines) is 1. The summed E-state index contributed by atoms with van der Waals surface area (Å²) in [6, 6.07) is 5.35. The second kappa shape index (κ2) is 9.18. The van der Waals surface area contributed by atoms with Crippen molar-refractivity contribution in [3.63, 3.8) is 0 Å². The maximum Gasteiger partial charge on any atom is 0.255 e. The SMILES string of the molecule is C=CC(=O)N1C[C@@H](n2nc(C#Cc3ccc4ccnn4c3)c(C(N)=O)c2NC)C[C@@H]1COC. The largest absolute Gasteiger partial charge is 0.383 e. The number of ether oxygens (including phenoxy) is 1. The minimum absolute atomic E-state index is 0.133. The number of hydrogen-bond donors (Lipinski definition) is 2. The molecule has 0 aliphatic carbocycles. The number of nitrogens with one attached hydrogen (secondary N) is 1. The molecule has 0 saturated carbocycles. The number of carbonyl (C=O) groups is 2. The van der Waals surface area contributed by atoms with Crippen molar-refractivity contribution < 1.29 is 14.3 Å². The summed E-state index contributed by atoms with van der Waals surface area (Å²) in [5, 5.41) is 11.9. The summed E-state index contributed by atoms with van der Waals surface area (Å²) in [5.41, 5.74) is 7.83. The molecule has 33 heavy (non-hydrogen) atoms. The van der Waals surface area contributed by atoms with Crippen LogP contribution in [0.25, 0.3) is 5.52 Å². The molecule has 0 unspecified atom stereocenters. The van der Waals surface area contributed by atoms with Crippen LogP contribution >= 0.6 is 0 Å². The topological polar surface area (TPSA) is 120 Å². The summed E-state index contributed by atoms with van der Waals surface area (Å²) in [6.45, 7) is 4.37. The van der Waals surface area contributed by atoms with E-state index in [0.717, 1.165) is 5.52 Å². The molecule has 1 fully saturated rings. The van der Waals surface area contributed by atoms with Crippen molar-refractivity contribution >= 4 is 23.1 Å². The summed E-state index contributed by atoms with van der Waals surface area (Å²) >= 11 is 0. The van der Waals surface area contributed by atoms with Crippen LogP contribution in [0.2, 0.25) is 0 Å². The first-order chi connectivity index (χ1) is 16.0. The quantitative estimate of drug-likeness (QED) is 0.431. The Balaban J connectivity index is 1.72. The number of carbonyl (C=O) groups excluding carboxylic acids is 2. The molecule has 2 atom stereocenters. The molecule has 4 heterocycles. The summed E-state index contributed by atoms with van der Waals surface area (Å²) in [5.74, 6) is 5.67. The van der Waals surface area contributed by atoms with Gasteiger partial charge in [0.25, 0.3) is 5.91 Å². The van der Waals surface area contributed by atoms with Gasteiger partial charge in [-0.05, 0) is 36.6 Å². The van der Waals surface area contributed by atoms with Crippen molar-refractivity contribution in [2.45, 2.75) is 18.5 Å². The fourth-order valence-corrected chi connectivity index (χ4v) is 4.19. The first kappa shape index (κ1) is 22.1. The summed E-state index contributed by atoms with van der Waals surface area (Å²) in [6.07, 6.45) is 5.39. The standard InChI is InChI=1S/C23H25N7O3/c1-4-20(31)28-13-17(11-18(28)14-33-3)30-23(25-2)21(22(24)32)19(27-30)8-6-15-5-7-16-9-10-26-29(16)12-15/h4-5,7,9-10,12,17-18,25H,1,11,13-14H2,2-3H3,(H2,24,32)/t17-,18+/m0/s1. The highest BCUT2D eigenvalue weighted by molar-refractivity contribution is 6.00. The zero-order valence-corrected chi connectivity index (χ0v) is 18.5. The molecule has 4 rings (SSSR count). The molecule has 3 aromatic rings. The fraction of sp³-hybridized carbons (Fsp3) is 0.304. The molecule has 1 aliphatic rings.